The van der Waals surface area contributed by atoms with E-state index in [1.54, 1.807) is 4.57 Å². The van der Waals surface area contributed by atoms with E-state index in [4.69, 9.17) is 4.74 Å². The molecule has 1 atom stereocenters. The molecule has 0 unspecified atom stereocenters. The van der Waals surface area contributed by atoms with Crippen molar-refractivity contribution in [2.75, 3.05) is 25.5 Å². The van der Waals surface area contributed by atoms with Gasteiger partial charge in [-0.25, -0.2) is 4.79 Å². The van der Waals surface area contributed by atoms with Gasteiger partial charge in [0.1, 0.15) is 0 Å². The van der Waals surface area contributed by atoms with Gasteiger partial charge in [-0.3, -0.25) is 9.69 Å². The van der Waals surface area contributed by atoms with Crippen molar-refractivity contribution in [3.8, 4) is 0 Å². The summed E-state index contributed by atoms with van der Waals surface area (Å²) in [6.07, 6.45) is 4.55. The second kappa shape index (κ2) is 8.13. The zero-order chi connectivity index (χ0) is 19.6. The summed E-state index contributed by atoms with van der Waals surface area (Å²) in [6, 6.07) is 6.41. The lowest BCUT2D eigenvalue weighted by atomic mass is 10.00. The van der Waals surface area contributed by atoms with Gasteiger partial charge < -0.3 is 14.6 Å². The van der Waals surface area contributed by atoms with Gasteiger partial charge in [-0.05, 0) is 44.9 Å². The number of hydrogen-bond acceptors (Lipinski definition) is 4. The van der Waals surface area contributed by atoms with Crippen LogP contribution in [0.4, 0.5) is 5.69 Å². The van der Waals surface area contributed by atoms with Crippen molar-refractivity contribution in [3.05, 3.63) is 29.5 Å². The fourth-order valence-electron chi connectivity index (χ4n) is 4.11. The van der Waals surface area contributed by atoms with Crippen LogP contribution in [-0.2, 0) is 16.6 Å². The average Bonchev–Trinajstić information content (AvgIpc) is 2.92. The third-order valence-electron chi connectivity index (χ3n) is 5.57. The molecule has 6 heteroatoms. The summed E-state index contributed by atoms with van der Waals surface area (Å²) in [7, 11) is 3.17. The van der Waals surface area contributed by atoms with Crippen LogP contribution in [0.15, 0.2) is 18.2 Å². The smallest absolute Gasteiger partial charge is 0.356 e. The predicted molar refractivity (Wildman–Crippen MR) is 107 cm³/mol. The maximum absolute atomic E-state index is 12.8. The first kappa shape index (κ1) is 19.4. The Morgan fingerprint density at radius 3 is 2.78 bits per heavy atom. The number of benzene rings is 1. The Hall–Kier alpha value is -2.34. The van der Waals surface area contributed by atoms with Crippen LogP contribution in [0.1, 0.15) is 48.7 Å². The molecule has 0 bridgehead atoms. The zero-order valence-electron chi connectivity index (χ0n) is 16.7. The monoisotopic (exact) mass is 371 g/mol. The summed E-state index contributed by atoms with van der Waals surface area (Å²) >= 11 is 0. The Balaban J connectivity index is 1.92. The van der Waals surface area contributed by atoms with E-state index >= 15 is 0 Å². The molecular weight excluding hydrogens is 342 g/mol. The highest BCUT2D eigenvalue weighted by atomic mass is 16.5. The Morgan fingerprint density at radius 1 is 1.30 bits per heavy atom. The summed E-state index contributed by atoms with van der Waals surface area (Å²) in [5.74, 6) is -0.541. The molecule has 1 saturated heterocycles. The van der Waals surface area contributed by atoms with Crippen molar-refractivity contribution in [2.24, 2.45) is 7.05 Å². The number of anilines is 1. The van der Waals surface area contributed by atoms with Gasteiger partial charge in [0.05, 0.1) is 24.9 Å². The number of aryl methyl sites for hydroxylation is 2. The van der Waals surface area contributed by atoms with Gasteiger partial charge in [0.25, 0.3) is 0 Å². The second-order valence-corrected chi connectivity index (χ2v) is 7.37. The van der Waals surface area contributed by atoms with Crippen LogP contribution in [0.5, 0.6) is 0 Å². The molecule has 1 aliphatic rings. The van der Waals surface area contributed by atoms with Crippen molar-refractivity contribution in [1.29, 1.82) is 0 Å². The van der Waals surface area contributed by atoms with Crippen molar-refractivity contribution in [2.45, 2.75) is 45.6 Å². The average molecular weight is 371 g/mol. The minimum absolute atomic E-state index is 0.0884. The molecule has 1 aromatic carbocycles. The number of piperidine rings is 1. The van der Waals surface area contributed by atoms with Crippen molar-refractivity contribution < 1.29 is 14.3 Å². The number of carbonyl (C=O) groups excluding carboxylic acids is 2. The van der Waals surface area contributed by atoms with Crippen LogP contribution in [-0.4, -0.2) is 47.6 Å². The van der Waals surface area contributed by atoms with Gasteiger partial charge in [0.2, 0.25) is 5.91 Å². The summed E-state index contributed by atoms with van der Waals surface area (Å²) in [5, 5.41) is 3.86. The van der Waals surface area contributed by atoms with Gasteiger partial charge in [-0.2, -0.15) is 0 Å². The van der Waals surface area contributed by atoms with Gasteiger partial charge in [0, 0.05) is 18.5 Å². The quantitative estimate of drug-likeness (QED) is 0.818. The first-order valence-electron chi connectivity index (χ1n) is 9.67. The maximum Gasteiger partial charge on any atom is 0.356 e. The van der Waals surface area contributed by atoms with Crippen molar-refractivity contribution >= 4 is 28.5 Å². The van der Waals surface area contributed by atoms with Crippen LogP contribution < -0.4 is 5.32 Å². The van der Waals surface area contributed by atoms with Gasteiger partial charge in [-0.15, -0.1) is 0 Å². The number of nitrogens with zero attached hydrogens (tertiary/aromatic N) is 2. The van der Waals surface area contributed by atoms with Crippen molar-refractivity contribution in [3.63, 3.8) is 0 Å². The molecule has 2 heterocycles. The molecule has 6 nitrogen and oxygen atoms in total. The normalized spacial score (nSPS) is 17.9. The SMILES string of the molecule is CC[C@H]1CCCCN1CC(=O)Nc1c(C(=O)OC)n(C)c2ccc(C)cc12. The molecule has 1 fully saturated rings. The van der Waals surface area contributed by atoms with Crippen LogP contribution in [0.3, 0.4) is 0 Å². The minimum atomic E-state index is -0.453. The lowest BCUT2D eigenvalue weighted by Gasteiger charge is -2.34. The van der Waals surface area contributed by atoms with Crippen LogP contribution in [0, 0.1) is 6.92 Å². The number of nitrogens with one attached hydrogen (secondary N) is 1. The predicted octanol–water partition coefficient (Wildman–Crippen LogP) is 3.48. The van der Waals surface area contributed by atoms with Gasteiger partial charge in [0.15, 0.2) is 5.69 Å². The zero-order valence-corrected chi connectivity index (χ0v) is 16.7. The second-order valence-electron chi connectivity index (χ2n) is 7.37. The number of hydrogen-bond donors (Lipinski definition) is 1. The topological polar surface area (TPSA) is 63.6 Å². The molecule has 3 rings (SSSR count). The maximum atomic E-state index is 12.8. The van der Waals surface area contributed by atoms with E-state index in [1.807, 2.05) is 32.2 Å². The molecule has 146 valence electrons. The number of rotatable bonds is 5. The fraction of sp³-hybridized carbons (Fsp3) is 0.524. The molecule has 1 aliphatic heterocycles. The van der Waals surface area contributed by atoms with E-state index in [0.717, 1.165) is 42.3 Å². The molecule has 0 saturated carbocycles. The minimum Gasteiger partial charge on any atom is -0.464 e. The number of ether oxygens (including phenoxy) is 1. The Bertz CT molecular complexity index is 856. The molecule has 0 spiro atoms. The van der Waals surface area contributed by atoms with Gasteiger partial charge >= 0.3 is 5.97 Å². The third-order valence-corrected chi connectivity index (χ3v) is 5.57. The Kier molecular flexibility index (Phi) is 5.85. The van der Waals surface area contributed by atoms with Gasteiger partial charge in [-0.1, -0.05) is 25.0 Å². The first-order valence-corrected chi connectivity index (χ1v) is 9.67. The number of esters is 1. The van der Waals surface area contributed by atoms with E-state index in [9.17, 15) is 9.59 Å². The number of fused-ring (bicyclic) bond motifs is 1. The molecule has 1 N–H and O–H groups in total. The summed E-state index contributed by atoms with van der Waals surface area (Å²) in [5.41, 5.74) is 2.87. The molecule has 27 heavy (non-hydrogen) atoms. The molecule has 0 radical (unpaired) electrons. The van der Waals surface area contributed by atoms with E-state index in [1.165, 1.54) is 13.5 Å². The fourth-order valence-corrected chi connectivity index (χ4v) is 4.11. The number of amides is 1. The Labute approximate surface area is 160 Å². The largest absolute Gasteiger partial charge is 0.464 e. The lowest BCUT2D eigenvalue weighted by molar-refractivity contribution is -0.118. The number of likely N-dealkylation sites (tertiary alicyclic amines) is 1. The van der Waals surface area contributed by atoms with E-state index in [-0.39, 0.29) is 5.91 Å². The number of carbonyl (C=O) groups is 2. The van der Waals surface area contributed by atoms with Crippen LogP contribution in [0.2, 0.25) is 0 Å². The Morgan fingerprint density at radius 2 is 2.07 bits per heavy atom. The molecule has 2 aromatic rings. The summed E-state index contributed by atoms with van der Waals surface area (Å²) in [6.45, 7) is 5.46. The van der Waals surface area contributed by atoms with E-state index < -0.39 is 5.97 Å². The highest BCUT2D eigenvalue weighted by molar-refractivity contribution is 6.11. The van der Waals surface area contributed by atoms with Crippen molar-refractivity contribution in [1.82, 2.24) is 9.47 Å². The van der Waals surface area contributed by atoms with E-state index in [0.29, 0.717) is 24.0 Å². The first-order chi connectivity index (χ1) is 13.0. The number of aromatic nitrogens is 1. The highest BCUT2D eigenvalue weighted by Crippen LogP contribution is 2.32. The number of methoxy groups -OCH3 is 1. The van der Waals surface area contributed by atoms with Crippen LogP contribution >= 0.6 is 0 Å². The lowest BCUT2D eigenvalue weighted by Crippen LogP contribution is -2.43. The molecular formula is C21H29N3O3. The highest BCUT2D eigenvalue weighted by Gasteiger charge is 2.26. The van der Waals surface area contributed by atoms with Crippen LogP contribution in [0.25, 0.3) is 10.9 Å². The van der Waals surface area contributed by atoms with E-state index in [2.05, 4.69) is 17.1 Å². The standard InChI is InChI=1S/C21H29N3O3/c1-5-15-8-6-7-11-24(15)13-18(25)22-19-16-12-14(2)9-10-17(16)23(3)20(19)21(26)27-4/h9-10,12,15H,5-8,11,13H2,1-4H3,(H,22,25)/t15-/m0/s1. The summed E-state index contributed by atoms with van der Waals surface area (Å²) < 4.78 is 6.75. The molecule has 1 aromatic heterocycles. The third kappa shape index (κ3) is 3.86. The molecule has 0 aliphatic carbocycles. The summed E-state index contributed by atoms with van der Waals surface area (Å²) in [4.78, 5) is 27.5. The molecule has 1 amide bonds.